The van der Waals surface area contributed by atoms with E-state index in [1.165, 1.54) is 0 Å². The van der Waals surface area contributed by atoms with Crippen LogP contribution in [0.15, 0.2) is 42.9 Å². The van der Waals surface area contributed by atoms with Gasteiger partial charge in [0.2, 0.25) is 0 Å². The first-order valence-corrected chi connectivity index (χ1v) is 6.83. The number of nitrogens with two attached hydrogens (primary N) is 1. The molecule has 7 heteroatoms. The number of fused-ring (bicyclic) bond motifs is 1. The fraction of sp³-hybridized carbons (Fsp3) is 0.133. The van der Waals surface area contributed by atoms with E-state index >= 15 is 0 Å². The summed E-state index contributed by atoms with van der Waals surface area (Å²) in [6.07, 6.45) is 5.12. The van der Waals surface area contributed by atoms with Crippen LogP contribution in [0.5, 0.6) is 11.5 Å². The van der Waals surface area contributed by atoms with Gasteiger partial charge in [-0.3, -0.25) is 4.98 Å². The first-order chi connectivity index (χ1) is 10.8. The lowest BCUT2D eigenvalue weighted by Gasteiger charge is -2.18. The smallest absolute Gasteiger partial charge is 0.163 e. The Hall–Kier alpha value is -3.09. The van der Waals surface area contributed by atoms with Gasteiger partial charge in [0, 0.05) is 29.7 Å². The molecule has 7 nitrogen and oxygen atoms in total. The molecule has 3 heterocycles. The lowest BCUT2D eigenvalue weighted by atomic mass is 10.2. The molecule has 110 valence electrons. The molecule has 2 aromatic heterocycles. The topological polar surface area (TPSA) is 88.1 Å². The number of nitrogens with zero attached hydrogens (tertiary/aromatic N) is 4. The predicted molar refractivity (Wildman–Crippen MR) is 80.0 cm³/mol. The van der Waals surface area contributed by atoms with Gasteiger partial charge in [-0.25, -0.2) is 4.68 Å². The van der Waals surface area contributed by atoms with Gasteiger partial charge in [-0.2, -0.15) is 0 Å². The Balaban J connectivity index is 1.71. The summed E-state index contributed by atoms with van der Waals surface area (Å²) in [6, 6.07) is 7.38. The van der Waals surface area contributed by atoms with Crippen molar-refractivity contribution < 1.29 is 9.47 Å². The first-order valence-electron chi connectivity index (χ1n) is 6.83. The van der Waals surface area contributed by atoms with Gasteiger partial charge >= 0.3 is 0 Å². The minimum Gasteiger partial charge on any atom is -0.486 e. The summed E-state index contributed by atoms with van der Waals surface area (Å²) in [5, 5.41) is 8.30. The Morgan fingerprint density at radius 1 is 1.09 bits per heavy atom. The van der Waals surface area contributed by atoms with Crippen molar-refractivity contribution in [2.24, 2.45) is 0 Å². The van der Waals surface area contributed by atoms with E-state index in [1.54, 1.807) is 29.3 Å². The van der Waals surface area contributed by atoms with Gasteiger partial charge < -0.3 is 15.2 Å². The quantitative estimate of drug-likeness (QED) is 0.774. The molecule has 0 fully saturated rings. The second kappa shape index (κ2) is 5.03. The minimum absolute atomic E-state index is 0.547. The van der Waals surface area contributed by atoms with Crippen molar-refractivity contribution in [1.82, 2.24) is 20.0 Å². The van der Waals surface area contributed by atoms with Crippen molar-refractivity contribution in [3.8, 4) is 28.4 Å². The molecule has 3 aromatic rings. The molecule has 0 radical (unpaired) electrons. The molecular formula is C15H13N5O2. The number of hydrogen-bond donors (Lipinski definition) is 1. The Morgan fingerprint density at radius 3 is 2.82 bits per heavy atom. The number of rotatable bonds is 2. The van der Waals surface area contributed by atoms with Crippen LogP contribution in [-0.2, 0) is 0 Å². The highest BCUT2D eigenvalue weighted by Gasteiger charge is 2.14. The number of anilines is 1. The highest BCUT2D eigenvalue weighted by atomic mass is 16.6. The Labute approximate surface area is 126 Å². The molecule has 0 aliphatic carbocycles. The molecule has 0 atom stereocenters. The SMILES string of the molecule is Nc1ccncc1-c1cn(-c2ccc3c(c2)OCCO3)nn1. The molecule has 0 saturated heterocycles. The van der Waals surface area contributed by atoms with E-state index in [9.17, 15) is 0 Å². The number of benzene rings is 1. The van der Waals surface area contributed by atoms with Gasteiger partial charge in [0.25, 0.3) is 0 Å². The van der Waals surface area contributed by atoms with E-state index in [0.717, 1.165) is 17.0 Å². The van der Waals surface area contributed by atoms with Crippen molar-refractivity contribution in [3.05, 3.63) is 42.9 Å². The van der Waals surface area contributed by atoms with E-state index < -0.39 is 0 Å². The third-order valence-corrected chi connectivity index (χ3v) is 3.41. The zero-order chi connectivity index (χ0) is 14.9. The standard InChI is InChI=1S/C15H13N5O2/c16-12-3-4-17-8-11(12)13-9-20(19-18-13)10-1-2-14-15(7-10)22-6-5-21-14/h1-4,7-9H,5-6H2,(H2,16,17). The van der Waals surface area contributed by atoms with E-state index in [1.807, 2.05) is 18.2 Å². The average molecular weight is 295 g/mol. The van der Waals surface area contributed by atoms with Gasteiger partial charge in [-0.1, -0.05) is 5.21 Å². The Morgan fingerprint density at radius 2 is 1.95 bits per heavy atom. The molecule has 0 saturated carbocycles. The predicted octanol–water partition coefficient (Wildman–Crippen LogP) is 1.68. The molecule has 0 bridgehead atoms. The van der Waals surface area contributed by atoms with Crippen molar-refractivity contribution >= 4 is 5.69 Å². The van der Waals surface area contributed by atoms with E-state index in [0.29, 0.717) is 30.3 Å². The summed E-state index contributed by atoms with van der Waals surface area (Å²) in [4.78, 5) is 4.07. The zero-order valence-electron chi connectivity index (χ0n) is 11.6. The van der Waals surface area contributed by atoms with Crippen LogP contribution in [0.4, 0.5) is 5.69 Å². The van der Waals surface area contributed by atoms with E-state index in [2.05, 4.69) is 15.3 Å². The summed E-state index contributed by atoms with van der Waals surface area (Å²) in [6.45, 7) is 1.12. The second-order valence-electron chi connectivity index (χ2n) is 4.84. The number of hydrogen-bond acceptors (Lipinski definition) is 6. The summed E-state index contributed by atoms with van der Waals surface area (Å²) in [5.41, 5.74) is 8.81. The van der Waals surface area contributed by atoms with Crippen molar-refractivity contribution in [3.63, 3.8) is 0 Å². The van der Waals surface area contributed by atoms with Crippen molar-refractivity contribution in [1.29, 1.82) is 0 Å². The highest BCUT2D eigenvalue weighted by molar-refractivity contribution is 5.71. The van der Waals surface area contributed by atoms with Crippen LogP contribution in [0.1, 0.15) is 0 Å². The third kappa shape index (κ3) is 2.12. The van der Waals surface area contributed by atoms with Gasteiger partial charge in [-0.05, 0) is 18.2 Å². The van der Waals surface area contributed by atoms with Crippen LogP contribution in [-0.4, -0.2) is 33.2 Å². The number of nitrogen functional groups attached to an aromatic ring is 1. The van der Waals surface area contributed by atoms with Crippen LogP contribution in [0.25, 0.3) is 16.9 Å². The van der Waals surface area contributed by atoms with Crippen LogP contribution < -0.4 is 15.2 Å². The molecule has 1 aliphatic rings. The van der Waals surface area contributed by atoms with Crippen LogP contribution in [0.2, 0.25) is 0 Å². The Kier molecular flexibility index (Phi) is 2.89. The monoisotopic (exact) mass is 295 g/mol. The zero-order valence-corrected chi connectivity index (χ0v) is 11.6. The minimum atomic E-state index is 0.547. The first kappa shape index (κ1) is 12.6. The molecule has 4 rings (SSSR count). The number of ether oxygens (including phenoxy) is 2. The van der Waals surface area contributed by atoms with Gasteiger partial charge in [0.15, 0.2) is 11.5 Å². The fourth-order valence-electron chi connectivity index (χ4n) is 2.31. The largest absolute Gasteiger partial charge is 0.486 e. The molecule has 0 spiro atoms. The van der Waals surface area contributed by atoms with Gasteiger partial charge in [0.05, 0.1) is 11.9 Å². The summed E-state index contributed by atoms with van der Waals surface area (Å²) in [7, 11) is 0. The maximum Gasteiger partial charge on any atom is 0.163 e. The number of pyridine rings is 1. The van der Waals surface area contributed by atoms with Crippen molar-refractivity contribution in [2.45, 2.75) is 0 Å². The van der Waals surface area contributed by atoms with Crippen LogP contribution in [0, 0.1) is 0 Å². The fourth-order valence-corrected chi connectivity index (χ4v) is 2.31. The van der Waals surface area contributed by atoms with Gasteiger partial charge in [-0.15, -0.1) is 5.10 Å². The van der Waals surface area contributed by atoms with E-state index in [-0.39, 0.29) is 0 Å². The maximum atomic E-state index is 5.94. The lowest BCUT2D eigenvalue weighted by Crippen LogP contribution is -2.15. The van der Waals surface area contributed by atoms with Crippen LogP contribution in [0.3, 0.4) is 0 Å². The summed E-state index contributed by atoms with van der Waals surface area (Å²) >= 11 is 0. The molecule has 1 aliphatic heterocycles. The molecule has 1 aromatic carbocycles. The summed E-state index contributed by atoms with van der Waals surface area (Å²) < 4.78 is 12.8. The van der Waals surface area contributed by atoms with Crippen molar-refractivity contribution in [2.75, 3.05) is 18.9 Å². The third-order valence-electron chi connectivity index (χ3n) is 3.41. The maximum absolute atomic E-state index is 5.94. The molecular weight excluding hydrogens is 282 g/mol. The van der Waals surface area contributed by atoms with Gasteiger partial charge in [0.1, 0.15) is 18.9 Å². The molecule has 0 unspecified atom stereocenters. The van der Waals surface area contributed by atoms with Crippen LogP contribution >= 0.6 is 0 Å². The second-order valence-corrected chi connectivity index (χ2v) is 4.84. The number of aromatic nitrogens is 4. The summed E-state index contributed by atoms with van der Waals surface area (Å²) in [5.74, 6) is 1.45. The Bertz CT molecular complexity index is 830. The van der Waals surface area contributed by atoms with E-state index in [4.69, 9.17) is 15.2 Å². The molecule has 22 heavy (non-hydrogen) atoms. The molecule has 0 amide bonds. The average Bonchev–Trinajstić information content (AvgIpc) is 3.04. The lowest BCUT2D eigenvalue weighted by molar-refractivity contribution is 0.171. The molecule has 2 N–H and O–H groups in total. The normalized spacial score (nSPS) is 13.1. The highest BCUT2D eigenvalue weighted by Crippen LogP contribution is 2.32.